The highest BCUT2D eigenvalue weighted by atomic mass is 16.5. The molecule has 0 aliphatic heterocycles. The Labute approximate surface area is 73.3 Å². The topological polar surface area (TPSA) is 52.6 Å². The third-order valence-electron chi connectivity index (χ3n) is 1.47. The van der Waals surface area contributed by atoms with Crippen molar-refractivity contribution < 1.29 is 20.5 Å². The van der Waals surface area contributed by atoms with Crippen LogP contribution >= 0.6 is 0 Å². The van der Waals surface area contributed by atoms with E-state index >= 15 is 0 Å². The van der Waals surface area contributed by atoms with Crippen molar-refractivity contribution >= 4 is 11.9 Å². The molecule has 0 aliphatic carbocycles. The average molecular weight is 175 g/mol. The summed E-state index contributed by atoms with van der Waals surface area (Å²) in [7, 11) is 2.70. The van der Waals surface area contributed by atoms with Crippen LogP contribution in [0.3, 0.4) is 0 Å². The molecule has 71 valence electrons. The van der Waals surface area contributed by atoms with Crippen LogP contribution in [0.5, 0.6) is 0 Å². The van der Waals surface area contributed by atoms with Crippen LogP contribution in [0.25, 0.3) is 0 Å². The van der Waals surface area contributed by atoms with E-state index in [1.54, 1.807) is 0 Å². The van der Waals surface area contributed by atoms with E-state index in [9.17, 15) is 9.59 Å². The molecule has 0 bridgehead atoms. The smallest absolute Gasteiger partial charge is 0.305 e. The number of carbonyl (C=O) groups excluding carboxylic acids is 2. The number of methoxy groups -OCH3 is 2. The minimum Gasteiger partial charge on any atom is -0.469 e. The van der Waals surface area contributed by atoms with Crippen molar-refractivity contribution in [1.82, 2.24) is 0 Å². The standard InChI is InChI=1S/C8H14O4.H/c1-11-7(9)5-3-4-6-8(10)12-2;/h3-6H2,1-2H3;. The molecule has 0 atom stereocenters. The average Bonchev–Trinajstić information content (AvgIpc) is 2.11. The van der Waals surface area contributed by atoms with Crippen LogP contribution in [0.2, 0.25) is 0 Å². The molecular weight excluding hydrogens is 160 g/mol. The Morgan fingerprint density at radius 1 is 1.00 bits per heavy atom. The summed E-state index contributed by atoms with van der Waals surface area (Å²) in [6.07, 6.45) is 2.07. The van der Waals surface area contributed by atoms with Crippen LogP contribution in [0, 0.1) is 0 Å². The maximum absolute atomic E-state index is 10.6. The first-order valence-corrected chi connectivity index (χ1v) is 3.84. The van der Waals surface area contributed by atoms with E-state index < -0.39 is 0 Å². The normalized spacial score (nSPS) is 9.17. The highest BCUT2D eigenvalue weighted by Gasteiger charge is 2.02. The van der Waals surface area contributed by atoms with E-state index in [1.807, 2.05) is 0 Å². The fourth-order valence-electron chi connectivity index (χ4n) is 0.743. The van der Waals surface area contributed by atoms with Crippen molar-refractivity contribution in [1.29, 1.82) is 0 Å². The molecule has 0 saturated carbocycles. The monoisotopic (exact) mass is 175 g/mol. The van der Waals surface area contributed by atoms with Crippen LogP contribution in [0.4, 0.5) is 0 Å². The predicted molar refractivity (Wildman–Crippen MR) is 43.6 cm³/mol. The lowest BCUT2D eigenvalue weighted by Crippen LogP contribution is -2.02. The van der Waals surface area contributed by atoms with Crippen LogP contribution in [-0.4, -0.2) is 26.2 Å². The van der Waals surface area contributed by atoms with Gasteiger partial charge in [0.05, 0.1) is 14.2 Å². The van der Waals surface area contributed by atoms with Gasteiger partial charge >= 0.3 is 11.9 Å². The van der Waals surface area contributed by atoms with Crippen molar-refractivity contribution in [2.75, 3.05) is 14.2 Å². The fourth-order valence-corrected chi connectivity index (χ4v) is 0.743. The second-order valence-electron chi connectivity index (χ2n) is 2.36. The summed E-state index contributed by atoms with van der Waals surface area (Å²) in [5.74, 6) is -0.472. The van der Waals surface area contributed by atoms with Crippen LogP contribution in [-0.2, 0) is 19.1 Å². The number of hydrogen-bond acceptors (Lipinski definition) is 4. The molecule has 0 heterocycles. The summed E-state index contributed by atoms with van der Waals surface area (Å²) in [5, 5.41) is 0. The summed E-state index contributed by atoms with van der Waals surface area (Å²) in [6.45, 7) is 0. The summed E-state index contributed by atoms with van der Waals surface area (Å²) < 4.78 is 8.86. The lowest BCUT2D eigenvalue weighted by molar-refractivity contribution is -0.142. The molecule has 0 amide bonds. The van der Waals surface area contributed by atoms with Gasteiger partial charge in [0.25, 0.3) is 0 Å². The van der Waals surface area contributed by atoms with Crippen LogP contribution in [0.1, 0.15) is 27.1 Å². The summed E-state index contributed by atoms with van der Waals surface area (Å²) in [4.78, 5) is 21.2. The number of unbranched alkanes of at least 4 members (excludes halogenated alkanes) is 1. The van der Waals surface area contributed by atoms with Gasteiger partial charge in [0.2, 0.25) is 0 Å². The van der Waals surface area contributed by atoms with Crippen molar-refractivity contribution in [3.8, 4) is 0 Å². The highest BCUT2D eigenvalue weighted by Crippen LogP contribution is 2.01. The van der Waals surface area contributed by atoms with Gasteiger partial charge in [0, 0.05) is 14.3 Å². The van der Waals surface area contributed by atoms with Gasteiger partial charge in [-0.1, -0.05) is 0 Å². The number of esters is 2. The van der Waals surface area contributed by atoms with Gasteiger partial charge < -0.3 is 9.47 Å². The van der Waals surface area contributed by atoms with Gasteiger partial charge in [-0.3, -0.25) is 9.59 Å². The maximum atomic E-state index is 10.6. The Morgan fingerprint density at radius 3 is 1.58 bits per heavy atom. The number of hydrogen-bond donors (Lipinski definition) is 0. The molecule has 0 spiro atoms. The first-order chi connectivity index (χ1) is 5.70. The van der Waals surface area contributed by atoms with Crippen molar-refractivity contribution in [3.05, 3.63) is 0 Å². The van der Waals surface area contributed by atoms with Crippen LogP contribution < -0.4 is 0 Å². The molecule has 0 aliphatic rings. The maximum Gasteiger partial charge on any atom is 0.305 e. The van der Waals surface area contributed by atoms with Gasteiger partial charge in [-0.2, -0.15) is 0 Å². The zero-order chi connectivity index (χ0) is 9.40. The quantitative estimate of drug-likeness (QED) is 0.462. The highest BCUT2D eigenvalue weighted by molar-refractivity contribution is 5.70. The Bertz CT molecular complexity index is 140. The molecule has 0 aromatic heterocycles. The molecule has 0 fully saturated rings. The summed E-state index contributed by atoms with van der Waals surface area (Å²) in [6, 6.07) is 0. The molecule has 0 aromatic carbocycles. The van der Waals surface area contributed by atoms with E-state index in [1.165, 1.54) is 14.2 Å². The van der Waals surface area contributed by atoms with Gasteiger partial charge in [-0.05, 0) is 12.8 Å². The molecule has 0 aromatic rings. The van der Waals surface area contributed by atoms with E-state index in [0.29, 0.717) is 25.7 Å². The lowest BCUT2D eigenvalue weighted by atomic mass is 10.2. The Balaban J connectivity index is 0. The van der Waals surface area contributed by atoms with E-state index in [2.05, 4.69) is 9.47 Å². The van der Waals surface area contributed by atoms with Gasteiger partial charge in [0.1, 0.15) is 0 Å². The predicted octanol–water partition coefficient (Wildman–Crippen LogP) is 1.01. The summed E-state index contributed by atoms with van der Waals surface area (Å²) >= 11 is 0. The van der Waals surface area contributed by atoms with Gasteiger partial charge in [0.15, 0.2) is 0 Å². The fraction of sp³-hybridized carbons (Fsp3) is 0.750. The number of rotatable bonds is 5. The molecule has 0 rings (SSSR count). The van der Waals surface area contributed by atoms with E-state index in [-0.39, 0.29) is 13.4 Å². The molecule has 12 heavy (non-hydrogen) atoms. The second-order valence-corrected chi connectivity index (χ2v) is 2.36. The second kappa shape index (κ2) is 6.64. The molecular formula is C8H15O4. The van der Waals surface area contributed by atoms with Crippen LogP contribution in [0.15, 0.2) is 0 Å². The minimum absolute atomic E-state index is 0. The zero-order valence-corrected chi connectivity index (χ0v) is 7.46. The van der Waals surface area contributed by atoms with Gasteiger partial charge in [-0.15, -0.1) is 0 Å². The molecule has 0 saturated heterocycles. The van der Waals surface area contributed by atoms with Crippen molar-refractivity contribution in [2.24, 2.45) is 0 Å². The van der Waals surface area contributed by atoms with E-state index in [0.717, 1.165) is 0 Å². The third kappa shape index (κ3) is 5.70. The third-order valence-corrected chi connectivity index (χ3v) is 1.47. The lowest BCUT2D eigenvalue weighted by Gasteiger charge is -1.98. The Morgan fingerprint density at radius 2 is 1.33 bits per heavy atom. The molecule has 4 nitrogen and oxygen atoms in total. The van der Waals surface area contributed by atoms with E-state index in [4.69, 9.17) is 0 Å². The molecule has 4 heteroatoms. The minimum atomic E-state index is -0.236. The largest absolute Gasteiger partial charge is 0.469 e. The van der Waals surface area contributed by atoms with Gasteiger partial charge in [-0.25, -0.2) is 0 Å². The molecule has 0 unspecified atom stereocenters. The summed E-state index contributed by atoms with van der Waals surface area (Å²) in [5.41, 5.74) is 0. The zero-order valence-electron chi connectivity index (χ0n) is 8.46. The number of carbonyl (C=O) groups is 2. The molecule has 1 radical (unpaired) electrons. The Kier molecular flexibility index (Phi) is 6.05. The van der Waals surface area contributed by atoms with Crippen molar-refractivity contribution in [3.63, 3.8) is 0 Å². The SMILES string of the molecule is COC(=O)CCCCC(=O)OC.[H]. The first kappa shape index (κ1) is 10.9. The Hall–Kier alpha value is -1.06. The van der Waals surface area contributed by atoms with Crippen molar-refractivity contribution in [2.45, 2.75) is 25.7 Å². The molecule has 0 N–H and O–H groups in total. The number of ether oxygens (including phenoxy) is 2. The first-order valence-electron chi connectivity index (χ1n) is 3.84.